The third-order valence-electron chi connectivity index (χ3n) is 2.47. The maximum atomic E-state index is 12.8. The summed E-state index contributed by atoms with van der Waals surface area (Å²) in [7, 11) is 0. The van der Waals surface area contributed by atoms with Crippen LogP contribution in [0.25, 0.3) is 5.69 Å². The minimum Gasteiger partial charge on any atom is -0.321 e. The highest BCUT2D eigenvalue weighted by atomic mass is 19.3. The van der Waals surface area contributed by atoms with Gasteiger partial charge in [-0.25, -0.2) is 13.5 Å². The van der Waals surface area contributed by atoms with Gasteiger partial charge in [-0.05, 0) is 30.3 Å². The fraction of sp³-hybridized carbons (Fsp3) is 0.167. The molecule has 2 aromatic rings. The molecule has 0 unspecified atom stereocenters. The molecule has 0 saturated heterocycles. The van der Waals surface area contributed by atoms with Crippen molar-refractivity contribution in [1.82, 2.24) is 9.78 Å². The van der Waals surface area contributed by atoms with Crippen molar-refractivity contribution in [2.45, 2.75) is 12.3 Å². The van der Waals surface area contributed by atoms with Crippen molar-refractivity contribution in [3.8, 4) is 5.69 Å². The predicted octanol–water partition coefficient (Wildman–Crippen LogP) is 2.71. The van der Waals surface area contributed by atoms with E-state index in [-0.39, 0.29) is 5.69 Å². The van der Waals surface area contributed by atoms with Crippen molar-refractivity contribution in [2.24, 2.45) is 0 Å². The van der Waals surface area contributed by atoms with Gasteiger partial charge in [-0.15, -0.1) is 0 Å². The van der Waals surface area contributed by atoms with E-state index in [2.05, 4.69) is 5.10 Å². The smallest absolute Gasteiger partial charge is 0.321 e. The molecule has 0 aliphatic carbocycles. The highest BCUT2D eigenvalue weighted by Crippen LogP contribution is 2.25. The second kappa shape index (κ2) is 5.32. The first-order valence-electron chi connectivity index (χ1n) is 5.49. The van der Waals surface area contributed by atoms with Crippen molar-refractivity contribution in [2.75, 3.05) is 5.32 Å². The van der Waals surface area contributed by atoms with Crippen molar-refractivity contribution in [3.63, 3.8) is 0 Å². The molecule has 106 valence electrons. The minimum absolute atomic E-state index is 0.00812. The van der Waals surface area contributed by atoms with Crippen LogP contribution in [0, 0.1) is 0 Å². The van der Waals surface area contributed by atoms with Crippen molar-refractivity contribution in [1.29, 1.82) is 0 Å². The quantitative estimate of drug-likeness (QED) is 0.879. The van der Waals surface area contributed by atoms with E-state index in [0.717, 1.165) is 0 Å². The lowest BCUT2D eigenvalue weighted by Gasteiger charge is -2.14. The van der Waals surface area contributed by atoms with Gasteiger partial charge in [-0.2, -0.15) is 13.9 Å². The molecule has 2 rings (SSSR count). The van der Waals surface area contributed by atoms with E-state index in [4.69, 9.17) is 0 Å². The molecule has 1 aromatic carbocycles. The van der Waals surface area contributed by atoms with Crippen LogP contribution in [0.4, 0.5) is 23.2 Å². The van der Waals surface area contributed by atoms with E-state index >= 15 is 0 Å². The summed E-state index contributed by atoms with van der Waals surface area (Å²) in [6, 6.07) is 7.33. The highest BCUT2D eigenvalue weighted by molar-refractivity contribution is 5.96. The summed E-state index contributed by atoms with van der Waals surface area (Å²) >= 11 is 0. The molecular formula is C12H9F4N3O. The van der Waals surface area contributed by atoms with Gasteiger partial charge in [0.05, 0.1) is 5.69 Å². The van der Waals surface area contributed by atoms with Crippen LogP contribution in [-0.4, -0.2) is 28.0 Å². The lowest BCUT2D eigenvalue weighted by molar-refractivity contribution is -0.163. The third-order valence-corrected chi connectivity index (χ3v) is 2.47. The summed E-state index contributed by atoms with van der Waals surface area (Å²) in [5, 5.41) is 5.69. The molecule has 1 amide bonds. The van der Waals surface area contributed by atoms with Crippen LogP contribution < -0.4 is 5.32 Å². The maximum Gasteiger partial charge on any atom is 0.383 e. The zero-order valence-electron chi connectivity index (χ0n) is 9.93. The fourth-order valence-electron chi connectivity index (χ4n) is 1.43. The van der Waals surface area contributed by atoms with Crippen molar-refractivity contribution >= 4 is 11.6 Å². The number of nitrogens with one attached hydrogen (secondary N) is 1. The Morgan fingerprint density at radius 3 is 2.40 bits per heavy atom. The van der Waals surface area contributed by atoms with E-state index in [1.54, 1.807) is 23.8 Å². The monoisotopic (exact) mass is 287 g/mol. The summed E-state index contributed by atoms with van der Waals surface area (Å²) in [5.41, 5.74) is 0.625. The fourth-order valence-corrected chi connectivity index (χ4v) is 1.43. The number of anilines is 1. The highest BCUT2D eigenvalue weighted by Gasteiger charge is 2.48. The van der Waals surface area contributed by atoms with Gasteiger partial charge in [0.1, 0.15) is 0 Å². The minimum atomic E-state index is -4.72. The van der Waals surface area contributed by atoms with E-state index in [1.165, 1.54) is 28.9 Å². The summed E-state index contributed by atoms with van der Waals surface area (Å²) < 4.78 is 51.0. The van der Waals surface area contributed by atoms with Crippen molar-refractivity contribution in [3.05, 3.63) is 42.7 Å². The van der Waals surface area contributed by atoms with Crippen molar-refractivity contribution < 1.29 is 22.4 Å². The molecule has 1 N–H and O–H groups in total. The third kappa shape index (κ3) is 2.79. The zero-order chi connectivity index (χ0) is 14.8. The average Bonchev–Trinajstić information content (AvgIpc) is 2.93. The molecule has 1 heterocycles. The molecule has 8 heteroatoms. The first-order chi connectivity index (χ1) is 9.41. The lowest BCUT2D eigenvalue weighted by atomic mass is 10.2. The van der Waals surface area contributed by atoms with Gasteiger partial charge in [0.15, 0.2) is 0 Å². The number of carbonyl (C=O) groups excluding carboxylic acids is 1. The Bertz CT molecular complexity index is 581. The van der Waals surface area contributed by atoms with Crippen LogP contribution in [0.5, 0.6) is 0 Å². The Kier molecular flexibility index (Phi) is 3.73. The van der Waals surface area contributed by atoms with Gasteiger partial charge in [0.2, 0.25) is 0 Å². The Morgan fingerprint density at radius 1 is 1.25 bits per heavy atom. The van der Waals surface area contributed by atoms with Crippen LogP contribution in [0.15, 0.2) is 42.7 Å². The molecule has 20 heavy (non-hydrogen) atoms. The number of halogens is 4. The molecule has 0 saturated carbocycles. The number of hydrogen-bond donors (Lipinski definition) is 1. The topological polar surface area (TPSA) is 46.9 Å². The zero-order valence-corrected chi connectivity index (χ0v) is 9.93. The molecule has 1 aromatic heterocycles. The van der Waals surface area contributed by atoms with Crippen LogP contribution >= 0.6 is 0 Å². The Balaban J connectivity index is 2.10. The van der Waals surface area contributed by atoms with E-state index in [1.807, 2.05) is 0 Å². The van der Waals surface area contributed by atoms with E-state index in [9.17, 15) is 22.4 Å². The van der Waals surface area contributed by atoms with E-state index < -0.39 is 18.3 Å². The number of alkyl halides is 4. The normalized spacial score (nSPS) is 11.7. The van der Waals surface area contributed by atoms with Gasteiger partial charge < -0.3 is 5.32 Å². The van der Waals surface area contributed by atoms with Gasteiger partial charge in [-0.1, -0.05) is 0 Å². The first-order valence-corrected chi connectivity index (χ1v) is 5.49. The second-order valence-corrected chi connectivity index (χ2v) is 3.88. The van der Waals surface area contributed by atoms with Gasteiger partial charge in [0, 0.05) is 18.1 Å². The molecule has 0 aliphatic rings. The standard InChI is InChI=1S/C12H9F4N3O/c13-10(14)12(15,16)11(20)18-8-2-4-9(5-3-8)19-7-1-6-17-19/h1-7,10H,(H,18,20). The second-order valence-electron chi connectivity index (χ2n) is 3.88. The largest absolute Gasteiger partial charge is 0.383 e. The number of aromatic nitrogens is 2. The molecule has 0 aliphatic heterocycles. The number of amides is 1. The summed E-state index contributed by atoms with van der Waals surface area (Å²) in [5.74, 6) is -6.76. The lowest BCUT2D eigenvalue weighted by Crippen LogP contribution is -2.40. The van der Waals surface area contributed by atoms with Gasteiger partial charge in [0.25, 0.3) is 0 Å². The number of hydrogen-bond acceptors (Lipinski definition) is 2. The SMILES string of the molecule is O=C(Nc1ccc(-n2cccn2)cc1)C(F)(F)C(F)F. The molecule has 0 fully saturated rings. The summed E-state index contributed by atoms with van der Waals surface area (Å²) in [6.45, 7) is 0. The Hall–Kier alpha value is -2.38. The molecule has 0 bridgehead atoms. The summed E-state index contributed by atoms with van der Waals surface area (Å²) in [6.07, 6.45) is -0.830. The Labute approximate surface area is 111 Å². The number of rotatable bonds is 4. The van der Waals surface area contributed by atoms with Crippen LogP contribution in [0.2, 0.25) is 0 Å². The van der Waals surface area contributed by atoms with Gasteiger partial charge in [-0.3, -0.25) is 4.79 Å². The van der Waals surface area contributed by atoms with Crippen LogP contribution in [0.1, 0.15) is 0 Å². The van der Waals surface area contributed by atoms with E-state index in [0.29, 0.717) is 5.69 Å². The molecule has 0 atom stereocenters. The first kappa shape index (κ1) is 14.0. The number of carbonyl (C=O) groups is 1. The molecular weight excluding hydrogens is 278 g/mol. The molecule has 0 spiro atoms. The number of nitrogens with zero attached hydrogens (tertiary/aromatic N) is 2. The number of benzene rings is 1. The predicted molar refractivity (Wildman–Crippen MR) is 63.1 cm³/mol. The average molecular weight is 287 g/mol. The maximum absolute atomic E-state index is 12.8. The van der Waals surface area contributed by atoms with Crippen LogP contribution in [-0.2, 0) is 4.79 Å². The molecule has 0 radical (unpaired) electrons. The van der Waals surface area contributed by atoms with Crippen LogP contribution in [0.3, 0.4) is 0 Å². The van der Waals surface area contributed by atoms with Gasteiger partial charge >= 0.3 is 18.3 Å². The molecule has 4 nitrogen and oxygen atoms in total. The Morgan fingerprint density at radius 2 is 1.90 bits per heavy atom. The summed E-state index contributed by atoms with van der Waals surface area (Å²) in [4.78, 5) is 11.0.